The molecule has 118 heavy (non-hydrogen) atoms. The summed E-state index contributed by atoms with van der Waals surface area (Å²) in [4.78, 5) is 225. The fourth-order valence-electron chi connectivity index (χ4n) is 12.5. The van der Waals surface area contributed by atoms with E-state index in [1.807, 2.05) is 5.32 Å². The number of halogens is 1. The van der Waals surface area contributed by atoms with Crippen LogP contribution < -0.4 is 96.3 Å². The van der Waals surface area contributed by atoms with E-state index in [9.17, 15) is 83.1 Å². The molecule has 44 heteroatoms. The van der Waals surface area contributed by atoms with Crippen LogP contribution in [0, 0.1) is 36.9 Å². The van der Waals surface area contributed by atoms with Crippen LogP contribution in [-0.4, -0.2) is 282 Å². The monoisotopic (exact) mass is 1860 g/mol. The summed E-state index contributed by atoms with van der Waals surface area (Å²) in [5, 5.41) is 87.7. The van der Waals surface area contributed by atoms with E-state index >= 15 is 19.2 Å². The zero-order valence-corrected chi connectivity index (χ0v) is 67.9. The second kappa shape index (κ2) is 48.8. The van der Waals surface area contributed by atoms with Gasteiger partial charge in [-0.25, -0.2) is 9.59 Å². The fraction of sp³-hybridized carbons (Fsp3) is 0.459. The Balaban J connectivity index is 0.0000216. The molecule has 3 heterocycles. The number of nitrogens with two attached hydrogens (primary N) is 3. The van der Waals surface area contributed by atoms with Crippen LogP contribution >= 0.6 is 33.2 Å². The van der Waals surface area contributed by atoms with E-state index in [0.717, 1.165) is 28.5 Å². The number of amides is 15. The van der Waals surface area contributed by atoms with Gasteiger partial charge in [0.1, 0.15) is 60.1 Å². The quantitative estimate of drug-likeness (QED) is 0.0170. The van der Waals surface area contributed by atoms with E-state index in [1.54, 1.807) is 17.0 Å². The van der Waals surface area contributed by atoms with Crippen LogP contribution in [0.4, 0.5) is 21.0 Å². The van der Waals surface area contributed by atoms with Gasteiger partial charge in [0.05, 0.1) is 37.0 Å². The van der Waals surface area contributed by atoms with Gasteiger partial charge in [-0.15, -0.1) is 0 Å². The summed E-state index contributed by atoms with van der Waals surface area (Å²) in [7, 11) is 1.61. The number of carbonyl (C=O) groups excluding carboxylic acids is 16. The Morgan fingerprint density at radius 3 is 1.47 bits per heavy atom. The Morgan fingerprint density at radius 1 is 0.534 bits per heavy atom. The van der Waals surface area contributed by atoms with Gasteiger partial charge in [0.15, 0.2) is 0 Å². The van der Waals surface area contributed by atoms with Crippen molar-refractivity contribution in [3.63, 3.8) is 0 Å². The minimum atomic E-state index is -1.90. The van der Waals surface area contributed by atoms with Crippen molar-refractivity contribution in [2.24, 2.45) is 17.2 Å². The van der Waals surface area contributed by atoms with Gasteiger partial charge in [-0.3, -0.25) is 77.7 Å². The number of imide groups is 1. The molecule has 646 valence electrons. The van der Waals surface area contributed by atoms with Gasteiger partial charge >= 0.3 is 48.9 Å². The normalized spacial score (nSPS) is 21.1. The van der Waals surface area contributed by atoms with Crippen LogP contribution in [0.2, 0.25) is 5.02 Å². The Bertz CT molecular complexity index is 4140. The number of aliphatic carboxylic acids is 3. The predicted octanol–water partition coefficient (Wildman–Crippen LogP) is -7.92. The Labute approximate surface area is 719 Å². The van der Waals surface area contributed by atoms with Crippen LogP contribution in [0.3, 0.4) is 0 Å². The third-order valence-corrected chi connectivity index (χ3v) is 21.4. The van der Waals surface area contributed by atoms with Crippen molar-refractivity contribution in [3.8, 4) is 5.75 Å². The van der Waals surface area contributed by atoms with Crippen LogP contribution in [-0.2, 0) is 92.8 Å². The molecule has 0 bridgehead atoms. The number of nitrogens with one attached hydrogen (secondary N) is 12. The van der Waals surface area contributed by atoms with Gasteiger partial charge < -0.3 is 116 Å². The summed E-state index contributed by atoms with van der Waals surface area (Å²) in [6, 6.07) is 6.49. The smallest absolute Gasteiger partial charge is 0.549 e. The van der Waals surface area contributed by atoms with Crippen molar-refractivity contribution in [1.82, 2.24) is 72.8 Å². The molecule has 3 aliphatic rings. The van der Waals surface area contributed by atoms with Crippen molar-refractivity contribution >= 4 is 140 Å². The summed E-state index contributed by atoms with van der Waals surface area (Å²) < 4.78 is 0. The molecule has 4 aromatic carbocycles. The molecule has 20 N–H and O–H groups in total. The zero-order chi connectivity index (χ0) is 85.4. The molecule has 15 amide bonds. The Hall–Kier alpha value is -10.0. The number of nitrogens with zero attached hydrogens (tertiary/aromatic N) is 4. The van der Waals surface area contributed by atoms with Gasteiger partial charge in [0.2, 0.25) is 65.0 Å². The summed E-state index contributed by atoms with van der Waals surface area (Å²) in [6.07, 6.45) is -3.23. The third kappa shape index (κ3) is 33.8. The molecule has 0 aromatic heterocycles. The number of hydrogen-bond acceptors (Lipinski definition) is 28. The van der Waals surface area contributed by atoms with E-state index in [1.165, 1.54) is 99.6 Å². The molecule has 1 unspecified atom stereocenters. The summed E-state index contributed by atoms with van der Waals surface area (Å²) in [6.45, 7) is -1.35. The first-order valence-electron chi connectivity index (χ1n) is 37.2. The Morgan fingerprint density at radius 2 is 0.992 bits per heavy atom. The van der Waals surface area contributed by atoms with E-state index in [0.29, 0.717) is 23.1 Å². The number of aromatic hydroxyl groups is 1. The number of aliphatic hydroxyl groups is 1. The molecule has 3 fully saturated rings. The second-order valence-corrected chi connectivity index (χ2v) is 30.9. The predicted molar refractivity (Wildman–Crippen MR) is 419 cm³/mol. The summed E-state index contributed by atoms with van der Waals surface area (Å²) >= 11 is 6.31. The first-order chi connectivity index (χ1) is 55.6. The van der Waals surface area contributed by atoms with E-state index in [4.69, 9.17) is 28.8 Å². The topological polar surface area (TPSA) is 618 Å². The number of carboxylic acid groups (broad SMARTS) is 3. The first-order valence-corrected chi connectivity index (χ1v) is 40.0. The number of phenolic OH excluding ortho intramolecular Hbond substituents is 1. The number of anilines is 2. The van der Waals surface area contributed by atoms with Crippen LogP contribution in [0.25, 0.3) is 0 Å². The van der Waals surface area contributed by atoms with Gasteiger partial charge in [0.25, 0.3) is 0 Å². The first kappa shape index (κ1) is 96.8. The number of phenols is 1. The number of urea groups is 2. The van der Waals surface area contributed by atoms with Gasteiger partial charge in [-0.1, -0.05) is 81.7 Å². The summed E-state index contributed by atoms with van der Waals surface area (Å²) in [5.41, 5.74) is 18.8. The zero-order valence-electron chi connectivity index (χ0n) is 63.9. The number of carbonyl (C=O) groups is 16. The number of benzene rings is 4. The number of carboxylic acids is 3. The molecular weight excluding hydrogens is 1770 g/mol. The van der Waals surface area contributed by atoms with E-state index in [-0.39, 0.29) is 149 Å². The summed E-state index contributed by atoms with van der Waals surface area (Å²) in [5.74, 6) is -16.4. The average Bonchev–Trinajstić information content (AvgIpc) is 0.782. The SMILES string of the molecule is C[C@@H](O)C1NC(=O)[C@H](CCCCN)NC(=O)[C@@H](Cc2ccc(NC(N)=O)cc2)NC(=O)[C@H](Cc2ccc(NC(=O)[C@@H]3CC(=O)NC(=O)N3)cc2)NC(=O)[C@H](NC(=O)[C@H](Cc2ccc(Cl)cc2)NC(=O)CN2CCN(CC(=O)[O-])CCN(CC(=O)[O-])CCN(CC(=O)[O-])CC2)CSSC[C@@H](C(=O)N[C@H](Cc2ccc(O)cc2)C(N)=O)NC1=O.[177Lu+3]. The number of primary amides is 2. The third-order valence-electron chi connectivity index (χ3n) is 18.7. The largest absolute Gasteiger partial charge is 3.00 e. The maximum Gasteiger partial charge on any atom is 3.00 e. The van der Waals surface area contributed by atoms with E-state index in [2.05, 4.69) is 58.5 Å². The minimum Gasteiger partial charge on any atom is -0.549 e. The molecule has 7 rings (SSSR count). The Kier molecular flexibility index (Phi) is 40.0. The number of unbranched alkanes of at least 4 members (excludes halogenated alkanes) is 1. The van der Waals surface area contributed by atoms with Crippen LogP contribution in [0.5, 0.6) is 5.75 Å². The van der Waals surface area contributed by atoms with Crippen molar-refractivity contribution < 1.29 is 139 Å². The molecule has 0 radical (unpaired) electrons. The number of rotatable bonds is 30. The standard InChI is InChI=1S/C74H98ClN19O21S2.Lu/c1-41(95)63-72(113)87-57(70(111)83-51(64(77)105)30-45-11-19-49(96)20-12-45)40-117-116-39-56(86-67(108)52(31-42-5-13-46(75)14-6-42)81-59(98)35-91-22-24-92(36-60(99)100)26-28-94(38-62(103)104)29-27-93(25-23-91)37-61(101)102)71(112)85-54(33-43-7-15-47(16-8-43)79-66(107)55-34-58(97)89-74(115)88-55)69(110)84-53(32-44-9-17-48(18-10-44)80-73(78)114)68(109)82-50(65(106)90-63)4-2-3-21-76;/h5-20,41,50-57,63,95-96H,2-4,21-40,76H2,1H3,(H2,77,105)(H,79,107)(H,81,98)(H,82,109)(H,83,111)(H,84,110)(H,85,112)(H,86,108)(H,87,113)(H,90,106)(H,99,100)(H,101,102)(H,103,104)(H3,78,80,114)(H2,88,89,97,115);/q;+3/p-3/t41-,50+,51-,52+,53-,54+,55+,56-,57+,63?;/m1./s1/i;1+2. The van der Waals surface area contributed by atoms with Crippen molar-refractivity contribution in [2.75, 3.05) is 107 Å². The van der Waals surface area contributed by atoms with Crippen molar-refractivity contribution in [3.05, 3.63) is 124 Å². The molecule has 3 saturated heterocycles. The van der Waals surface area contributed by atoms with Gasteiger partial charge in [0, 0.05) is 126 Å². The maximum atomic E-state index is 15.6. The molecular formula is C74H95ClLuN19O21S2. The molecule has 0 spiro atoms. The molecule has 0 aliphatic carbocycles. The molecule has 0 saturated carbocycles. The van der Waals surface area contributed by atoms with Crippen molar-refractivity contribution in [2.45, 2.75) is 119 Å². The second-order valence-electron chi connectivity index (χ2n) is 28.0. The number of aliphatic hydroxyl groups excluding tert-OH is 1. The number of hydrogen-bond donors (Lipinski definition) is 17. The van der Waals surface area contributed by atoms with Crippen LogP contribution in [0.15, 0.2) is 97.1 Å². The van der Waals surface area contributed by atoms with E-state index < -0.39 is 212 Å². The van der Waals surface area contributed by atoms with Gasteiger partial charge in [-0.05, 0) is 104 Å². The molecule has 4 aromatic rings. The maximum absolute atomic E-state index is 15.6. The molecule has 3 aliphatic heterocycles. The molecule has 10 atom stereocenters. The van der Waals surface area contributed by atoms with Crippen LogP contribution in [0.1, 0.15) is 54.9 Å². The average molecular weight is 1860 g/mol. The van der Waals surface area contributed by atoms with Gasteiger partial charge in [-0.2, -0.15) is 0 Å². The minimum absolute atomic E-state index is 0. The fourth-order valence-corrected chi connectivity index (χ4v) is 14.9. The molecule has 40 nitrogen and oxygen atoms in total. The van der Waals surface area contributed by atoms with Crippen molar-refractivity contribution in [1.29, 1.82) is 0 Å².